The number of aromatic nitrogens is 4. The molecule has 2 atom stereocenters. The summed E-state index contributed by atoms with van der Waals surface area (Å²) in [7, 11) is 0. The fourth-order valence-electron chi connectivity index (χ4n) is 2.30. The van der Waals surface area contributed by atoms with Crippen molar-refractivity contribution in [3.05, 3.63) is 30.6 Å². The Morgan fingerprint density at radius 1 is 1.45 bits per heavy atom. The van der Waals surface area contributed by atoms with Crippen LogP contribution in [0.25, 0.3) is 5.69 Å². The molecule has 1 aromatic heterocycles. The summed E-state index contributed by atoms with van der Waals surface area (Å²) in [6.07, 6.45) is 2.55. The normalized spacial score (nSPS) is 20.4. The topological polar surface area (TPSA) is 108 Å². The van der Waals surface area contributed by atoms with E-state index in [9.17, 15) is 4.79 Å². The Hall–Kier alpha value is -2.03. The summed E-state index contributed by atoms with van der Waals surface area (Å²) in [6, 6.07) is 7.28. The summed E-state index contributed by atoms with van der Waals surface area (Å²) in [5, 5.41) is 13.8. The van der Waals surface area contributed by atoms with E-state index < -0.39 is 6.10 Å². The van der Waals surface area contributed by atoms with Crippen molar-refractivity contribution in [2.24, 2.45) is 5.73 Å². The lowest BCUT2D eigenvalue weighted by molar-refractivity contribution is -0.126. The minimum Gasteiger partial charge on any atom is -0.364 e. The summed E-state index contributed by atoms with van der Waals surface area (Å²) in [4.78, 5) is 12.1. The number of hydrogen-bond donors (Lipinski definition) is 2. The van der Waals surface area contributed by atoms with Crippen LogP contribution in [0.1, 0.15) is 12.8 Å². The van der Waals surface area contributed by atoms with Gasteiger partial charge in [0.15, 0.2) is 0 Å². The number of ether oxygens (including phenoxy) is 1. The maximum atomic E-state index is 12.1. The highest BCUT2D eigenvalue weighted by atomic mass is 35.5. The van der Waals surface area contributed by atoms with E-state index in [0.29, 0.717) is 18.7 Å². The summed E-state index contributed by atoms with van der Waals surface area (Å²) < 4.78 is 7.09. The van der Waals surface area contributed by atoms with Crippen LogP contribution in [0.15, 0.2) is 30.6 Å². The van der Waals surface area contributed by atoms with Gasteiger partial charge in [-0.1, -0.05) is 6.07 Å². The molecule has 0 aliphatic carbocycles. The molecule has 118 valence electrons. The highest BCUT2D eigenvalue weighted by Crippen LogP contribution is 2.21. The first-order valence-corrected chi connectivity index (χ1v) is 6.76. The van der Waals surface area contributed by atoms with E-state index in [1.807, 2.05) is 12.1 Å². The van der Waals surface area contributed by atoms with Crippen molar-refractivity contribution >= 4 is 24.0 Å². The molecule has 2 heterocycles. The van der Waals surface area contributed by atoms with Gasteiger partial charge in [0.2, 0.25) is 0 Å². The number of carbonyl (C=O) groups is 1. The Morgan fingerprint density at radius 3 is 3.00 bits per heavy atom. The lowest BCUT2D eigenvalue weighted by Crippen LogP contribution is -2.29. The van der Waals surface area contributed by atoms with Crippen molar-refractivity contribution in [1.29, 1.82) is 0 Å². The number of nitrogens with one attached hydrogen (secondary N) is 1. The third-order valence-electron chi connectivity index (χ3n) is 3.39. The van der Waals surface area contributed by atoms with Gasteiger partial charge >= 0.3 is 0 Å². The smallest absolute Gasteiger partial charge is 0.253 e. The molecule has 1 amide bonds. The third-order valence-corrected chi connectivity index (χ3v) is 3.39. The molecule has 2 aromatic rings. The van der Waals surface area contributed by atoms with Crippen molar-refractivity contribution in [3.8, 4) is 5.69 Å². The van der Waals surface area contributed by atoms with Crippen LogP contribution < -0.4 is 11.1 Å². The van der Waals surface area contributed by atoms with E-state index in [-0.39, 0.29) is 24.4 Å². The van der Waals surface area contributed by atoms with E-state index >= 15 is 0 Å². The summed E-state index contributed by atoms with van der Waals surface area (Å²) in [5.41, 5.74) is 6.99. The van der Waals surface area contributed by atoms with Crippen LogP contribution in [0, 0.1) is 0 Å². The second-order valence-corrected chi connectivity index (χ2v) is 4.85. The van der Waals surface area contributed by atoms with Crippen LogP contribution >= 0.6 is 12.4 Å². The summed E-state index contributed by atoms with van der Waals surface area (Å²) >= 11 is 0. The zero-order valence-electron chi connectivity index (χ0n) is 11.8. The standard InChI is InChI=1S/C13H16N6O2.ClH/c14-7-11-4-5-12(21-11)13(20)16-9-2-1-3-10(6-9)19-8-15-17-18-19;/h1-3,6,8,11-12H,4-5,7,14H2,(H,16,20);1H/t11-,12+;/m1./s1. The van der Waals surface area contributed by atoms with Crippen LogP contribution in [0.5, 0.6) is 0 Å². The molecule has 1 aliphatic rings. The van der Waals surface area contributed by atoms with Crippen molar-refractivity contribution in [2.75, 3.05) is 11.9 Å². The molecule has 1 aromatic carbocycles. The molecule has 0 spiro atoms. The quantitative estimate of drug-likeness (QED) is 0.849. The lowest BCUT2D eigenvalue weighted by Gasteiger charge is -2.13. The van der Waals surface area contributed by atoms with Crippen molar-refractivity contribution in [3.63, 3.8) is 0 Å². The van der Waals surface area contributed by atoms with E-state index in [0.717, 1.165) is 12.1 Å². The van der Waals surface area contributed by atoms with Gasteiger partial charge in [-0.3, -0.25) is 4.79 Å². The van der Waals surface area contributed by atoms with Crippen molar-refractivity contribution < 1.29 is 9.53 Å². The lowest BCUT2D eigenvalue weighted by atomic mass is 10.2. The molecule has 0 saturated carbocycles. The molecule has 0 bridgehead atoms. The van der Waals surface area contributed by atoms with Crippen LogP contribution in [0.3, 0.4) is 0 Å². The molecule has 1 fully saturated rings. The van der Waals surface area contributed by atoms with Crippen molar-refractivity contribution in [2.45, 2.75) is 25.0 Å². The Balaban J connectivity index is 0.00000176. The maximum Gasteiger partial charge on any atom is 0.253 e. The minimum atomic E-state index is -0.435. The average Bonchev–Trinajstić information content (AvgIpc) is 3.19. The average molecular weight is 325 g/mol. The van der Waals surface area contributed by atoms with Gasteiger partial charge in [-0.25, -0.2) is 4.68 Å². The predicted octanol–water partition coefficient (Wildman–Crippen LogP) is 0.529. The number of hydrogen-bond acceptors (Lipinski definition) is 6. The fraction of sp³-hybridized carbons (Fsp3) is 0.385. The number of tetrazole rings is 1. The Labute approximate surface area is 133 Å². The number of benzene rings is 1. The van der Waals surface area contributed by atoms with Gasteiger partial charge in [0, 0.05) is 12.2 Å². The van der Waals surface area contributed by atoms with E-state index in [2.05, 4.69) is 20.8 Å². The van der Waals surface area contributed by atoms with Gasteiger partial charge in [-0.2, -0.15) is 0 Å². The van der Waals surface area contributed by atoms with Crippen LogP contribution in [-0.2, 0) is 9.53 Å². The molecule has 3 N–H and O–H groups in total. The number of halogens is 1. The van der Waals surface area contributed by atoms with Crippen LogP contribution in [-0.4, -0.2) is 44.9 Å². The Bertz CT molecular complexity index is 621. The second-order valence-electron chi connectivity index (χ2n) is 4.85. The number of anilines is 1. The number of rotatable bonds is 4. The first-order valence-electron chi connectivity index (χ1n) is 6.76. The SMILES string of the molecule is Cl.NC[C@H]1CC[C@@H](C(=O)Nc2cccc(-n3cnnn3)c2)O1. The Morgan fingerprint density at radius 2 is 2.32 bits per heavy atom. The molecule has 0 unspecified atom stereocenters. The zero-order valence-corrected chi connectivity index (χ0v) is 12.6. The molecule has 3 rings (SSSR count). The Kier molecular flexibility index (Phi) is 5.42. The summed E-state index contributed by atoms with van der Waals surface area (Å²) in [5.74, 6) is -0.153. The highest BCUT2D eigenvalue weighted by Gasteiger charge is 2.29. The molecular formula is C13H17ClN6O2. The zero-order chi connectivity index (χ0) is 14.7. The van der Waals surface area contributed by atoms with Gasteiger partial charge in [0.1, 0.15) is 12.4 Å². The molecule has 8 nitrogen and oxygen atoms in total. The molecule has 1 saturated heterocycles. The van der Waals surface area contributed by atoms with Gasteiger partial charge < -0.3 is 15.8 Å². The number of carbonyl (C=O) groups excluding carboxylic acids is 1. The van der Waals surface area contributed by atoms with Gasteiger partial charge in [0.25, 0.3) is 5.91 Å². The first-order chi connectivity index (χ1) is 10.3. The predicted molar refractivity (Wildman–Crippen MR) is 82.0 cm³/mol. The third kappa shape index (κ3) is 3.59. The molecular weight excluding hydrogens is 308 g/mol. The van der Waals surface area contributed by atoms with Gasteiger partial charge in [0.05, 0.1) is 11.8 Å². The number of nitrogens with zero attached hydrogens (tertiary/aromatic N) is 4. The van der Waals surface area contributed by atoms with Crippen LogP contribution in [0.2, 0.25) is 0 Å². The fourth-order valence-corrected chi connectivity index (χ4v) is 2.30. The van der Waals surface area contributed by atoms with Gasteiger partial charge in [-0.05, 0) is 41.5 Å². The molecule has 1 aliphatic heterocycles. The van der Waals surface area contributed by atoms with E-state index in [4.69, 9.17) is 10.5 Å². The second kappa shape index (κ2) is 7.30. The number of nitrogens with two attached hydrogens (primary N) is 1. The van der Waals surface area contributed by atoms with Crippen molar-refractivity contribution in [1.82, 2.24) is 20.2 Å². The minimum absolute atomic E-state index is 0. The van der Waals surface area contributed by atoms with Gasteiger partial charge in [-0.15, -0.1) is 17.5 Å². The maximum absolute atomic E-state index is 12.1. The molecule has 9 heteroatoms. The highest BCUT2D eigenvalue weighted by molar-refractivity contribution is 5.94. The summed E-state index contributed by atoms with van der Waals surface area (Å²) in [6.45, 7) is 0.443. The largest absolute Gasteiger partial charge is 0.364 e. The molecule has 0 radical (unpaired) electrons. The van der Waals surface area contributed by atoms with E-state index in [1.54, 1.807) is 12.1 Å². The van der Waals surface area contributed by atoms with E-state index in [1.165, 1.54) is 11.0 Å². The number of amides is 1. The van der Waals surface area contributed by atoms with Crippen LogP contribution in [0.4, 0.5) is 5.69 Å². The first kappa shape index (κ1) is 16.3. The molecule has 22 heavy (non-hydrogen) atoms. The monoisotopic (exact) mass is 324 g/mol.